The maximum absolute atomic E-state index is 12.9. The lowest BCUT2D eigenvalue weighted by molar-refractivity contribution is -0.123. The molecule has 6 heteroatoms. The minimum absolute atomic E-state index is 0.241. The lowest BCUT2D eigenvalue weighted by Crippen LogP contribution is -2.26. The number of benzene rings is 2. The lowest BCUT2D eigenvalue weighted by atomic mass is 10.1. The number of hydrazone groups is 1. The third kappa shape index (κ3) is 5.18. The molecule has 0 spiro atoms. The van der Waals surface area contributed by atoms with Crippen LogP contribution in [0.25, 0.3) is 0 Å². The van der Waals surface area contributed by atoms with Gasteiger partial charge in [-0.1, -0.05) is 19.1 Å². The fraction of sp³-hybridized carbons (Fsp3) is 0.176. The number of carbonyl (C=O) groups excluding carboxylic acids is 1. The molecule has 23 heavy (non-hydrogen) atoms. The minimum Gasteiger partial charge on any atom is -0.484 e. The van der Waals surface area contributed by atoms with Crippen molar-refractivity contribution in [3.8, 4) is 5.75 Å². The van der Waals surface area contributed by atoms with E-state index in [1.54, 1.807) is 12.1 Å². The van der Waals surface area contributed by atoms with Crippen LogP contribution in [-0.4, -0.2) is 18.2 Å². The molecule has 0 aliphatic carbocycles. The van der Waals surface area contributed by atoms with Crippen molar-refractivity contribution in [2.75, 3.05) is 6.61 Å². The monoisotopic (exact) mass is 318 g/mol. The van der Waals surface area contributed by atoms with Gasteiger partial charge < -0.3 is 4.74 Å². The molecule has 1 amide bonds. The molecule has 0 saturated carbocycles. The number of nitrogens with one attached hydrogen (secondary N) is 1. The van der Waals surface area contributed by atoms with Crippen LogP contribution in [0, 0.1) is 11.6 Å². The molecule has 0 aromatic heterocycles. The van der Waals surface area contributed by atoms with Gasteiger partial charge in [0.25, 0.3) is 5.91 Å². The van der Waals surface area contributed by atoms with Crippen molar-refractivity contribution < 1.29 is 18.3 Å². The number of rotatable bonds is 6. The van der Waals surface area contributed by atoms with Gasteiger partial charge in [0, 0.05) is 0 Å². The van der Waals surface area contributed by atoms with Crippen LogP contribution >= 0.6 is 0 Å². The van der Waals surface area contributed by atoms with Gasteiger partial charge in [-0.3, -0.25) is 4.79 Å². The number of hydrogen-bond acceptors (Lipinski definition) is 3. The molecule has 0 radical (unpaired) electrons. The average Bonchev–Trinajstić information content (AvgIpc) is 2.56. The minimum atomic E-state index is -0.442. The van der Waals surface area contributed by atoms with Gasteiger partial charge in [-0.25, -0.2) is 14.2 Å². The first-order chi connectivity index (χ1) is 11.1. The Morgan fingerprint density at radius 2 is 1.61 bits per heavy atom. The molecular weight excluding hydrogens is 302 g/mol. The van der Waals surface area contributed by atoms with Crippen LogP contribution in [-0.2, 0) is 4.79 Å². The summed E-state index contributed by atoms with van der Waals surface area (Å²) in [6, 6.07) is 11.2. The predicted molar refractivity (Wildman–Crippen MR) is 83.3 cm³/mol. The molecular formula is C17H16F2N2O2. The molecule has 0 unspecified atom stereocenters. The van der Waals surface area contributed by atoms with Gasteiger partial charge in [-0.2, -0.15) is 5.10 Å². The Labute approximate surface area is 132 Å². The first kappa shape index (κ1) is 16.6. The van der Waals surface area contributed by atoms with Crippen LogP contribution in [0.1, 0.15) is 18.9 Å². The standard InChI is InChI=1S/C17H16F2N2O2/c1-2-16(12-3-5-13(18)6-4-12)20-21-17(22)11-23-15-9-7-14(19)8-10-15/h3-10H,2,11H2,1H3,(H,21,22)/b20-16+. The Bertz CT molecular complexity index is 683. The Kier molecular flexibility index (Phi) is 5.80. The van der Waals surface area contributed by atoms with E-state index in [1.807, 2.05) is 6.92 Å². The van der Waals surface area contributed by atoms with Crippen molar-refractivity contribution in [2.45, 2.75) is 13.3 Å². The zero-order chi connectivity index (χ0) is 16.7. The summed E-state index contributed by atoms with van der Waals surface area (Å²) >= 11 is 0. The third-order valence-corrected chi connectivity index (χ3v) is 3.01. The van der Waals surface area contributed by atoms with Gasteiger partial charge in [0.15, 0.2) is 6.61 Å². The topological polar surface area (TPSA) is 50.7 Å². The van der Waals surface area contributed by atoms with Crippen molar-refractivity contribution >= 4 is 11.6 Å². The highest BCUT2D eigenvalue weighted by Gasteiger charge is 2.05. The fourth-order valence-electron chi connectivity index (χ4n) is 1.83. The van der Waals surface area contributed by atoms with Gasteiger partial charge >= 0.3 is 0 Å². The maximum Gasteiger partial charge on any atom is 0.277 e. The number of amides is 1. The zero-order valence-corrected chi connectivity index (χ0v) is 12.6. The molecule has 0 aliphatic heterocycles. The molecule has 4 nitrogen and oxygen atoms in total. The van der Waals surface area contributed by atoms with Crippen LogP contribution < -0.4 is 10.2 Å². The summed E-state index contributed by atoms with van der Waals surface area (Å²) in [4.78, 5) is 11.7. The SMILES string of the molecule is CC/C(=N\NC(=O)COc1ccc(F)cc1)c1ccc(F)cc1. The van der Waals surface area contributed by atoms with E-state index >= 15 is 0 Å². The van der Waals surface area contributed by atoms with Gasteiger partial charge in [-0.05, 0) is 48.4 Å². The number of hydrogen-bond donors (Lipinski definition) is 1. The summed E-state index contributed by atoms with van der Waals surface area (Å²) in [5.74, 6) is -0.763. The summed E-state index contributed by atoms with van der Waals surface area (Å²) in [5.41, 5.74) is 3.74. The molecule has 0 atom stereocenters. The number of ether oxygens (including phenoxy) is 1. The van der Waals surface area contributed by atoms with Crippen molar-refractivity contribution in [3.05, 3.63) is 65.7 Å². The van der Waals surface area contributed by atoms with Crippen LogP contribution in [0.15, 0.2) is 53.6 Å². The molecule has 0 fully saturated rings. The quantitative estimate of drug-likeness (QED) is 0.656. The molecule has 0 heterocycles. The van der Waals surface area contributed by atoms with Crippen molar-refractivity contribution in [1.29, 1.82) is 0 Å². The molecule has 0 saturated heterocycles. The van der Waals surface area contributed by atoms with Crippen LogP contribution in [0.5, 0.6) is 5.75 Å². The summed E-state index contributed by atoms with van der Waals surface area (Å²) in [6.07, 6.45) is 0.574. The van der Waals surface area contributed by atoms with Crippen LogP contribution in [0.3, 0.4) is 0 Å². The van der Waals surface area contributed by atoms with E-state index in [0.717, 1.165) is 5.56 Å². The predicted octanol–water partition coefficient (Wildman–Crippen LogP) is 3.27. The number of halogens is 2. The van der Waals surface area contributed by atoms with E-state index in [9.17, 15) is 13.6 Å². The van der Waals surface area contributed by atoms with Gasteiger partial charge in [0.2, 0.25) is 0 Å². The Hall–Kier alpha value is -2.76. The Morgan fingerprint density at radius 3 is 2.17 bits per heavy atom. The van der Waals surface area contributed by atoms with E-state index in [4.69, 9.17) is 4.74 Å². The maximum atomic E-state index is 12.9. The zero-order valence-electron chi connectivity index (χ0n) is 12.6. The van der Waals surface area contributed by atoms with Gasteiger partial charge in [-0.15, -0.1) is 0 Å². The van der Waals surface area contributed by atoms with Gasteiger partial charge in [0.05, 0.1) is 5.71 Å². The first-order valence-electron chi connectivity index (χ1n) is 7.08. The molecule has 1 N–H and O–H groups in total. The fourth-order valence-corrected chi connectivity index (χ4v) is 1.83. The lowest BCUT2D eigenvalue weighted by Gasteiger charge is -2.07. The van der Waals surface area contributed by atoms with Crippen LogP contribution in [0.2, 0.25) is 0 Å². The van der Waals surface area contributed by atoms with E-state index in [2.05, 4.69) is 10.5 Å². The van der Waals surface area contributed by atoms with E-state index in [-0.39, 0.29) is 18.2 Å². The highest BCUT2D eigenvalue weighted by atomic mass is 19.1. The smallest absolute Gasteiger partial charge is 0.277 e. The second kappa shape index (κ2) is 8.03. The molecule has 2 rings (SSSR count). The van der Waals surface area contributed by atoms with E-state index in [0.29, 0.717) is 17.9 Å². The Morgan fingerprint density at radius 1 is 1.04 bits per heavy atom. The van der Waals surface area contributed by atoms with Crippen molar-refractivity contribution in [2.24, 2.45) is 5.10 Å². The third-order valence-electron chi connectivity index (χ3n) is 3.01. The normalized spacial score (nSPS) is 11.2. The summed E-state index contributed by atoms with van der Waals surface area (Å²) in [6.45, 7) is 1.64. The second-order valence-electron chi connectivity index (χ2n) is 4.70. The molecule has 0 bridgehead atoms. The summed E-state index contributed by atoms with van der Waals surface area (Å²) in [7, 11) is 0. The largest absolute Gasteiger partial charge is 0.484 e. The summed E-state index contributed by atoms with van der Waals surface area (Å²) < 4.78 is 30.9. The summed E-state index contributed by atoms with van der Waals surface area (Å²) in [5, 5.41) is 4.02. The average molecular weight is 318 g/mol. The molecule has 120 valence electrons. The molecule has 0 aliphatic rings. The first-order valence-corrected chi connectivity index (χ1v) is 7.08. The highest BCUT2D eigenvalue weighted by molar-refractivity contribution is 6.00. The highest BCUT2D eigenvalue weighted by Crippen LogP contribution is 2.10. The molecule has 2 aromatic carbocycles. The number of carbonyl (C=O) groups is 1. The number of nitrogens with zero attached hydrogens (tertiary/aromatic N) is 1. The van der Waals surface area contributed by atoms with E-state index in [1.165, 1.54) is 36.4 Å². The van der Waals surface area contributed by atoms with Crippen LogP contribution in [0.4, 0.5) is 8.78 Å². The van der Waals surface area contributed by atoms with E-state index < -0.39 is 5.91 Å². The van der Waals surface area contributed by atoms with Gasteiger partial charge in [0.1, 0.15) is 17.4 Å². The molecule has 2 aromatic rings. The van der Waals surface area contributed by atoms with Crippen molar-refractivity contribution in [3.63, 3.8) is 0 Å². The second-order valence-corrected chi connectivity index (χ2v) is 4.70. The Balaban J connectivity index is 1.90. The van der Waals surface area contributed by atoms with Crippen molar-refractivity contribution in [1.82, 2.24) is 5.43 Å².